The topological polar surface area (TPSA) is 12.9 Å². The van der Waals surface area contributed by atoms with E-state index in [0.717, 1.165) is 29.0 Å². The lowest BCUT2D eigenvalue weighted by Crippen LogP contribution is -2.25. The molecule has 0 bridgehead atoms. The molecule has 1 nitrogen and oxygen atoms in total. The monoisotopic (exact) mass is 461 g/mol. The molecule has 4 aromatic carbocycles. The van der Waals surface area contributed by atoms with Gasteiger partial charge in [0.15, 0.2) is 0 Å². The second-order valence-corrected chi connectivity index (χ2v) is 9.08. The Morgan fingerprint density at radius 1 is 0.543 bits per heavy atom. The Kier molecular flexibility index (Phi) is 4.00. The van der Waals surface area contributed by atoms with E-state index in [0.29, 0.717) is 5.69 Å². The Bertz CT molecular complexity index is 1570. The number of nitrogens with zero attached hydrogens (tertiary/aromatic N) is 1. The number of benzene rings is 4. The summed E-state index contributed by atoms with van der Waals surface area (Å²) >= 11 is 0. The van der Waals surface area contributed by atoms with Crippen molar-refractivity contribution < 1.29 is 13.2 Å². The molecule has 0 saturated heterocycles. The van der Waals surface area contributed by atoms with Gasteiger partial charge in [-0.1, -0.05) is 84.9 Å². The third kappa shape index (κ3) is 2.62. The van der Waals surface area contributed by atoms with Crippen molar-refractivity contribution in [2.45, 2.75) is 11.6 Å². The van der Waals surface area contributed by atoms with Crippen LogP contribution in [-0.2, 0) is 11.6 Å². The summed E-state index contributed by atoms with van der Waals surface area (Å²) in [5, 5.41) is 0. The molecule has 0 amide bonds. The SMILES string of the molecule is FC(F)(F)c1ccc(-c2ccc3c(c2)C2(c4ccccc4-c4ccccc42)c2ccccc2-3)nc1. The minimum Gasteiger partial charge on any atom is -0.256 e. The van der Waals surface area contributed by atoms with Crippen LogP contribution in [0.15, 0.2) is 109 Å². The summed E-state index contributed by atoms with van der Waals surface area (Å²) in [6.45, 7) is 0. The van der Waals surface area contributed by atoms with E-state index in [1.54, 1.807) is 0 Å². The predicted octanol–water partition coefficient (Wildman–Crippen LogP) is 8.11. The first kappa shape index (κ1) is 20.2. The number of rotatable bonds is 1. The molecule has 1 aromatic heterocycles. The molecule has 5 aromatic rings. The summed E-state index contributed by atoms with van der Waals surface area (Å²) in [6, 6.07) is 34.2. The van der Waals surface area contributed by atoms with Crippen molar-refractivity contribution >= 4 is 0 Å². The molecule has 0 atom stereocenters. The Hall–Kier alpha value is -4.18. The van der Waals surface area contributed by atoms with Gasteiger partial charge in [-0.3, -0.25) is 4.98 Å². The van der Waals surface area contributed by atoms with E-state index in [2.05, 4.69) is 89.9 Å². The van der Waals surface area contributed by atoms with Gasteiger partial charge in [0.1, 0.15) is 0 Å². The lowest BCUT2D eigenvalue weighted by atomic mass is 9.70. The van der Waals surface area contributed by atoms with Crippen LogP contribution in [0.4, 0.5) is 13.2 Å². The second kappa shape index (κ2) is 6.92. The molecule has 1 heterocycles. The average molecular weight is 461 g/mol. The summed E-state index contributed by atoms with van der Waals surface area (Å²) in [5.74, 6) is 0. The molecule has 0 radical (unpaired) electrons. The van der Waals surface area contributed by atoms with Crippen molar-refractivity contribution in [2.24, 2.45) is 0 Å². The first-order valence-corrected chi connectivity index (χ1v) is 11.5. The van der Waals surface area contributed by atoms with E-state index < -0.39 is 17.2 Å². The van der Waals surface area contributed by atoms with Crippen LogP contribution in [0.2, 0.25) is 0 Å². The van der Waals surface area contributed by atoms with E-state index >= 15 is 0 Å². The van der Waals surface area contributed by atoms with Crippen LogP contribution in [-0.4, -0.2) is 4.98 Å². The minimum atomic E-state index is -4.41. The molecule has 4 heteroatoms. The fourth-order valence-electron chi connectivity index (χ4n) is 5.99. The maximum Gasteiger partial charge on any atom is 0.417 e. The molecular weight excluding hydrogens is 443 g/mol. The van der Waals surface area contributed by atoms with Crippen molar-refractivity contribution in [3.05, 3.63) is 137 Å². The predicted molar refractivity (Wildman–Crippen MR) is 131 cm³/mol. The van der Waals surface area contributed by atoms with Gasteiger partial charge < -0.3 is 0 Å². The highest BCUT2D eigenvalue weighted by Gasteiger charge is 2.51. The number of halogens is 3. The summed E-state index contributed by atoms with van der Waals surface area (Å²) in [4.78, 5) is 4.17. The molecule has 1 spiro atoms. The van der Waals surface area contributed by atoms with E-state index in [9.17, 15) is 13.2 Å². The highest BCUT2D eigenvalue weighted by atomic mass is 19.4. The zero-order chi connectivity index (χ0) is 23.8. The molecule has 0 unspecified atom stereocenters. The van der Waals surface area contributed by atoms with Gasteiger partial charge in [0.2, 0.25) is 0 Å². The molecule has 168 valence electrons. The van der Waals surface area contributed by atoms with Crippen LogP contribution >= 0.6 is 0 Å². The molecular formula is C31H18F3N. The maximum atomic E-state index is 13.1. The van der Waals surface area contributed by atoms with E-state index in [1.165, 1.54) is 39.4 Å². The third-order valence-corrected chi connectivity index (χ3v) is 7.38. The van der Waals surface area contributed by atoms with Crippen molar-refractivity contribution in [1.29, 1.82) is 0 Å². The van der Waals surface area contributed by atoms with Crippen LogP contribution in [0, 0.1) is 0 Å². The van der Waals surface area contributed by atoms with Crippen LogP contribution in [0.25, 0.3) is 33.5 Å². The smallest absolute Gasteiger partial charge is 0.256 e. The highest BCUT2D eigenvalue weighted by Crippen LogP contribution is 2.62. The van der Waals surface area contributed by atoms with Crippen molar-refractivity contribution in [3.63, 3.8) is 0 Å². The van der Waals surface area contributed by atoms with E-state index in [4.69, 9.17) is 0 Å². The lowest BCUT2D eigenvalue weighted by Gasteiger charge is -2.30. The quantitative estimate of drug-likeness (QED) is 0.241. The fourth-order valence-corrected chi connectivity index (χ4v) is 5.99. The Balaban J connectivity index is 1.52. The normalized spacial score (nSPS) is 14.4. The van der Waals surface area contributed by atoms with Crippen LogP contribution in [0.1, 0.15) is 27.8 Å². The number of fused-ring (bicyclic) bond motifs is 10. The highest BCUT2D eigenvalue weighted by molar-refractivity contribution is 5.95. The number of aromatic nitrogens is 1. The molecule has 0 saturated carbocycles. The zero-order valence-corrected chi connectivity index (χ0v) is 18.5. The first-order valence-electron chi connectivity index (χ1n) is 11.5. The number of hydrogen-bond acceptors (Lipinski definition) is 1. The first-order chi connectivity index (χ1) is 17.0. The van der Waals surface area contributed by atoms with Crippen LogP contribution in [0.5, 0.6) is 0 Å². The van der Waals surface area contributed by atoms with E-state index in [-0.39, 0.29) is 0 Å². The van der Waals surface area contributed by atoms with Gasteiger partial charge in [-0.15, -0.1) is 0 Å². The molecule has 2 aliphatic carbocycles. The standard InChI is InChI=1S/C31H18F3N/c32-31(33,34)20-14-16-29(35-18-20)19-13-15-24-23-9-3-6-12-27(23)30(28(24)17-19)25-10-4-1-7-21(25)22-8-2-5-11-26(22)30/h1-18H. The van der Waals surface area contributed by atoms with Gasteiger partial charge in [-0.2, -0.15) is 13.2 Å². The molecule has 7 rings (SSSR count). The average Bonchev–Trinajstić information content (AvgIpc) is 3.35. The Morgan fingerprint density at radius 2 is 1.06 bits per heavy atom. The zero-order valence-electron chi connectivity index (χ0n) is 18.5. The van der Waals surface area contributed by atoms with Gasteiger partial charge >= 0.3 is 6.18 Å². The Morgan fingerprint density at radius 3 is 1.54 bits per heavy atom. The molecule has 2 aliphatic rings. The third-order valence-electron chi connectivity index (χ3n) is 7.38. The maximum absolute atomic E-state index is 13.1. The number of hydrogen-bond donors (Lipinski definition) is 0. The summed E-state index contributed by atoms with van der Waals surface area (Å²) < 4.78 is 39.3. The van der Waals surface area contributed by atoms with Gasteiger partial charge in [0.05, 0.1) is 16.7 Å². The van der Waals surface area contributed by atoms with Crippen molar-refractivity contribution in [2.75, 3.05) is 0 Å². The summed E-state index contributed by atoms with van der Waals surface area (Å²) in [5.41, 5.74) is 9.65. The van der Waals surface area contributed by atoms with Crippen molar-refractivity contribution in [3.8, 4) is 33.5 Å². The fraction of sp³-hybridized carbons (Fsp3) is 0.0645. The lowest BCUT2D eigenvalue weighted by molar-refractivity contribution is -0.137. The van der Waals surface area contributed by atoms with Crippen molar-refractivity contribution in [1.82, 2.24) is 4.98 Å². The second-order valence-electron chi connectivity index (χ2n) is 9.08. The minimum absolute atomic E-state index is 0.485. The van der Waals surface area contributed by atoms with Gasteiger partial charge in [-0.25, -0.2) is 0 Å². The van der Waals surface area contributed by atoms with E-state index in [1.807, 2.05) is 6.07 Å². The summed E-state index contributed by atoms with van der Waals surface area (Å²) in [6.07, 6.45) is -3.50. The van der Waals surface area contributed by atoms with Crippen LogP contribution in [0.3, 0.4) is 0 Å². The van der Waals surface area contributed by atoms with Gasteiger partial charge in [0.25, 0.3) is 0 Å². The molecule has 0 aliphatic heterocycles. The molecule has 35 heavy (non-hydrogen) atoms. The number of pyridine rings is 1. The molecule has 0 fully saturated rings. The molecule has 0 N–H and O–H groups in total. The largest absolute Gasteiger partial charge is 0.417 e. The van der Waals surface area contributed by atoms with Gasteiger partial charge in [-0.05, 0) is 62.7 Å². The van der Waals surface area contributed by atoms with Gasteiger partial charge in [0, 0.05) is 11.8 Å². The Labute approximate surface area is 200 Å². The number of alkyl halides is 3. The summed E-state index contributed by atoms with van der Waals surface area (Å²) in [7, 11) is 0. The van der Waals surface area contributed by atoms with Crippen LogP contribution < -0.4 is 0 Å².